The van der Waals surface area contributed by atoms with Crippen LogP contribution in [0.4, 0.5) is 5.69 Å². The predicted molar refractivity (Wildman–Crippen MR) is 139 cm³/mol. The van der Waals surface area contributed by atoms with Crippen molar-refractivity contribution in [3.8, 4) is 5.75 Å². The number of amides is 1. The number of carboxylic acid groups (broad SMARTS) is 1. The average molecular weight is 505 g/mol. The molecule has 0 spiro atoms. The number of aromatic hydroxyl groups is 1. The highest BCUT2D eigenvalue weighted by Gasteiger charge is 2.23. The molecule has 9 nitrogen and oxygen atoms in total. The standard InChI is InChI=1S/C28H32N4O5/c1-18-27(36)26(28(37)29-16-25(34)35)31-24(30-18)15-21-10-12-32(13-11-21)23-8-6-20(7-9-23)14-19-2-4-22(17-33)5-3-19/h2-9,21,33,36H,10-17H2,1H3,(H,29,37)(H,34,35). The first kappa shape index (κ1) is 26.1. The van der Waals surface area contributed by atoms with Crippen molar-refractivity contribution < 1.29 is 24.9 Å². The van der Waals surface area contributed by atoms with Crippen LogP contribution in [0.2, 0.25) is 0 Å². The molecule has 1 amide bonds. The normalized spacial score (nSPS) is 13.9. The van der Waals surface area contributed by atoms with Gasteiger partial charge in [-0.1, -0.05) is 36.4 Å². The first-order valence-corrected chi connectivity index (χ1v) is 12.4. The van der Waals surface area contributed by atoms with Gasteiger partial charge in [-0.3, -0.25) is 9.59 Å². The van der Waals surface area contributed by atoms with Crippen LogP contribution in [0.5, 0.6) is 5.75 Å². The molecule has 0 radical (unpaired) electrons. The number of aliphatic hydroxyl groups excluding tert-OH is 1. The first-order chi connectivity index (χ1) is 17.8. The van der Waals surface area contributed by atoms with Crippen LogP contribution in [0.15, 0.2) is 48.5 Å². The summed E-state index contributed by atoms with van der Waals surface area (Å²) >= 11 is 0. The molecule has 2 aromatic carbocycles. The van der Waals surface area contributed by atoms with Crippen LogP contribution in [-0.4, -0.2) is 56.8 Å². The molecule has 1 aliphatic rings. The maximum absolute atomic E-state index is 12.3. The van der Waals surface area contributed by atoms with E-state index in [9.17, 15) is 19.8 Å². The minimum absolute atomic E-state index is 0.0556. The Kier molecular flexibility index (Phi) is 8.35. The summed E-state index contributed by atoms with van der Waals surface area (Å²) in [6.45, 7) is 2.91. The molecule has 3 aromatic rings. The first-order valence-electron chi connectivity index (χ1n) is 12.4. The number of hydrogen-bond donors (Lipinski definition) is 4. The lowest BCUT2D eigenvalue weighted by atomic mass is 9.92. The highest BCUT2D eigenvalue weighted by atomic mass is 16.4. The Hall–Kier alpha value is -3.98. The fourth-order valence-corrected chi connectivity index (χ4v) is 4.59. The minimum atomic E-state index is -1.17. The van der Waals surface area contributed by atoms with Crippen molar-refractivity contribution in [1.82, 2.24) is 15.3 Å². The summed E-state index contributed by atoms with van der Waals surface area (Å²) in [5, 5.41) is 30.4. The van der Waals surface area contributed by atoms with Crippen molar-refractivity contribution in [2.45, 2.75) is 39.2 Å². The Bertz CT molecular complexity index is 1240. The van der Waals surface area contributed by atoms with E-state index in [1.807, 2.05) is 12.1 Å². The van der Waals surface area contributed by atoms with Crippen molar-refractivity contribution in [2.24, 2.45) is 5.92 Å². The van der Waals surface area contributed by atoms with Crippen molar-refractivity contribution >= 4 is 17.6 Å². The Morgan fingerprint density at radius 1 is 0.973 bits per heavy atom. The van der Waals surface area contributed by atoms with Gasteiger partial charge in [0.05, 0.1) is 12.3 Å². The molecule has 0 bridgehead atoms. The van der Waals surface area contributed by atoms with Gasteiger partial charge in [0.1, 0.15) is 12.4 Å². The molecular formula is C28H32N4O5. The zero-order valence-electron chi connectivity index (χ0n) is 20.9. The van der Waals surface area contributed by atoms with Crippen LogP contribution < -0.4 is 10.2 Å². The number of nitrogens with zero attached hydrogens (tertiary/aromatic N) is 3. The van der Waals surface area contributed by atoms with Crippen LogP contribution in [0.25, 0.3) is 0 Å². The van der Waals surface area contributed by atoms with Crippen LogP contribution in [0, 0.1) is 12.8 Å². The van der Waals surface area contributed by atoms with E-state index in [0.717, 1.165) is 37.9 Å². The van der Waals surface area contributed by atoms with Gasteiger partial charge in [-0.05, 0) is 60.9 Å². The second-order valence-corrected chi connectivity index (χ2v) is 9.45. The lowest BCUT2D eigenvalue weighted by molar-refractivity contribution is -0.135. The molecule has 1 fully saturated rings. The molecule has 9 heteroatoms. The third-order valence-electron chi connectivity index (χ3n) is 6.72. The van der Waals surface area contributed by atoms with Crippen LogP contribution >= 0.6 is 0 Å². The lowest BCUT2D eigenvalue weighted by Crippen LogP contribution is -2.34. The summed E-state index contributed by atoms with van der Waals surface area (Å²) in [7, 11) is 0. The molecular weight excluding hydrogens is 472 g/mol. The second kappa shape index (κ2) is 11.8. The van der Waals surface area contributed by atoms with Crippen molar-refractivity contribution in [1.29, 1.82) is 0 Å². The number of hydrogen-bond acceptors (Lipinski definition) is 7. The number of aliphatic hydroxyl groups is 1. The number of carbonyl (C=O) groups is 2. The van der Waals surface area contributed by atoms with Crippen LogP contribution in [0.1, 0.15) is 51.5 Å². The highest BCUT2D eigenvalue weighted by Crippen LogP contribution is 2.27. The van der Waals surface area contributed by atoms with Gasteiger partial charge in [-0.25, -0.2) is 9.97 Å². The smallest absolute Gasteiger partial charge is 0.322 e. The Morgan fingerprint density at radius 3 is 2.16 bits per heavy atom. The highest BCUT2D eigenvalue weighted by molar-refractivity contribution is 5.96. The minimum Gasteiger partial charge on any atom is -0.504 e. The van der Waals surface area contributed by atoms with E-state index in [4.69, 9.17) is 5.11 Å². The van der Waals surface area contributed by atoms with Gasteiger partial charge in [0.15, 0.2) is 11.4 Å². The monoisotopic (exact) mass is 504 g/mol. The van der Waals surface area contributed by atoms with Crippen molar-refractivity contribution in [3.05, 3.63) is 82.4 Å². The zero-order chi connectivity index (χ0) is 26.4. The summed E-state index contributed by atoms with van der Waals surface area (Å²) in [6, 6.07) is 16.6. The number of carboxylic acids is 1. The largest absolute Gasteiger partial charge is 0.504 e. The van der Waals surface area contributed by atoms with E-state index in [0.29, 0.717) is 23.9 Å². The molecule has 2 heterocycles. The molecule has 0 atom stereocenters. The number of nitrogens with one attached hydrogen (secondary N) is 1. The fraction of sp³-hybridized carbons (Fsp3) is 0.357. The van der Waals surface area contributed by atoms with Gasteiger partial charge >= 0.3 is 5.97 Å². The summed E-state index contributed by atoms with van der Waals surface area (Å²) in [6.07, 6.45) is 3.32. The van der Waals surface area contributed by atoms with Gasteiger partial charge in [0.25, 0.3) is 5.91 Å². The number of aliphatic carboxylic acids is 1. The fourth-order valence-electron chi connectivity index (χ4n) is 4.59. The SMILES string of the molecule is Cc1nc(CC2CCN(c3ccc(Cc4ccc(CO)cc4)cc3)CC2)nc(C(=O)NCC(=O)O)c1O. The van der Waals surface area contributed by atoms with Crippen molar-refractivity contribution in [3.63, 3.8) is 0 Å². The Morgan fingerprint density at radius 2 is 1.57 bits per heavy atom. The van der Waals surface area contributed by atoms with Crippen LogP contribution in [-0.2, 0) is 24.2 Å². The maximum Gasteiger partial charge on any atom is 0.322 e. The number of piperidine rings is 1. The summed E-state index contributed by atoms with van der Waals surface area (Å²) < 4.78 is 0. The number of aryl methyl sites for hydroxylation is 1. The van der Waals surface area contributed by atoms with Gasteiger partial charge in [0.2, 0.25) is 0 Å². The molecule has 1 aliphatic heterocycles. The number of benzene rings is 2. The Labute approximate surface area is 215 Å². The Balaban J connectivity index is 1.32. The molecule has 194 valence electrons. The number of aromatic nitrogens is 2. The maximum atomic E-state index is 12.3. The van der Waals surface area contributed by atoms with Gasteiger partial charge in [0, 0.05) is 25.2 Å². The van der Waals surface area contributed by atoms with Crippen molar-refractivity contribution in [2.75, 3.05) is 24.5 Å². The van der Waals surface area contributed by atoms with E-state index in [1.165, 1.54) is 16.8 Å². The molecule has 4 N–H and O–H groups in total. The summed E-state index contributed by atoms with van der Waals surface area (Å²) in [5.74, 6) is -1.41. The average Bonchev–Trinajstić information content (AvgIpc) is 2.90. The number of carbonyl (C=O) groups excluding carboxylic acids is 1. The number of anilines is 1. The molecule has 1 aromatic heterocycles. The number of rotatable bonds is 9. The summed E-state index contributed by atoms with van der Waals surface area (Å²) in [5.41, 5.74) is 4.65. The molecule has 37 heavy (non-hydrogen) atoms. The van der Waals surface area contributed by atoms with E-state index in [-0.39, 0.29) is 18.1 Å². The molecule has 0 aliphatic carbocycles. The zero-order valence-corrected chi connectivity index (χ0v) is 20.9. The van der Waals surface area contributed by atoms with Gasteiger partial charge in [-0.2, -0.15) is 0 Å². The predicted octanol–water partition coefficient (Wildman–Crippen LogP) is 2.85. The topological polar surface area (TPSA) is 136 Å². The molecule has 4 rings (SSSR count). The molecule has 1 saturated heterocycles. The quantitative estimate of drug-likeness (QED) is 0.349. The van der Waals surface area contributed by atoms with Gasteiger partial charge < -0.3 is 25.5 Å². The third-order valence-corrected chi connectivity index (χ3v) is 6.72. The molecule has 0 saturated carbocycles. The second-order valence-electron chi connectivity index (χ2n) is 9.45. The third kappa shape index (κ3) is 6.83. The summed E-state index contributed by atoms with van der Waals surface area (Å²) in [4.78, 5) is 34.0. The van der Waals surface area contributed by atoms with Gasteiger partial charge in [-0.15, -0.1) is 0 Å². The van der Waals surface area contributed by atoms with E-state index < -0.39 is 18.4 Å². The lowest BCUT2D eigenvalue weighted by Gasteiger charge is -2.33. The van der Waals surface area contributed by atoms with Crippen LogP contribution in [0.3, 0.4) is 0 Å². The van der Waals surface area contributed by atoms with E-state index in [1.54, 1.807) is 6.92 Å². The van der Waals surface area contributed by atoms with E-state index in [2.05, 4.69) is 56.6 Å². The molecule has 0 unspecified atom stereocenters. The van der Waals surface area contributed by atoms with E-state index >= 15 is 0 Å².